The lowest BCUT2D eigenvalue weighted by Crippen LogP contribution is -2.21. The summed E-state index contributed by atoms with van der Waals surface area (Å²) >= 11 is 0. The minimum absolute atomic E-state index is 0.187. The van der Waals surface area contributed by atoms with Crippen molar-refractivity contribution in [3.63, 3.8) is 0 Å². The van der Waals surface area contributed by atoms with Gasteiger partial charge in [0.25, 0.3) is 0 Å². The van der Waals surface area contributed by atoms with Gasteiger partial charge in [-0.2, -0.15) is 0 Å². The number of benzene rings is 2. The second-order valence-corrected chi connectivity index (χ2v) is 7.00. The highest BCUT2D eigenvalue weighted by molar-refractivity contribution is 7.88. The van der Waals surface area contributed by atoms with Crippen LogP contribution in [-0.4, -0.2) is 20.6 Å². The van der Waals surface area contributed by atoms with Crippen molar-refractivity contribution in [2.45, 2.75) is 6.54 Å². The monoisotopic (exact) mass is 348 g/mol. The van der Waals surface area contributed by atoms with Crippen molar-refractivity contribution in [1.29, 1.82) is 0 Å². The fourth-order valence-corrected chi connectivity index (χ4v) is 2.32. The highest BCUT2D eigenvalue weighted by Crippen LogP contribution is 2.10. The number of carbonyl (C=O) groups excluding carboxylic acids is 1. The smallest absolute Gasteiger partial charge is 0.248 e. The Morgan fingerprint density at radius 2 is 1.88 bits per heavy atom. The number of hydrogen-bond donors (Lipinski definition) is 2. The largest absolute Gasteiger partial charge is 0.323 e. The van der Waals surface area contributed by atoms with E-state index in [9.17, 15) is 17.6 Å². The number of halogens is 1. The van der Waals surface area contributed by atoms with E-state index in [-0.39, 0.29) is 18.3 Å². The van der Waals surface area contributed by atoms with Crippen molar-refractivity contribution >= 4 is 27.7 Å². The molecule has 0 spiro atoms. The maximum absolute atomic E-state index is 13.0. The molecule has 0 aliphatic heterocycles. The van der Waals surface area contributed by atoms with Crippen LogP contribution in [0.3, 0.4) is 0 Å². The molecule has 2 aromatic rings. The molecule has 0 bridgehead atoms. The third-order valence-electron chi connectivity index (χ3n) is 3.04. The Hall–Kier alpha value is -2.51. The molecule has 0 saturated heterocycles. The van der Waals surface area contributed by atoms with Crippen molar-refractivity contribution in [1.82, 2.24) is 4.72 Å². The zero-order chi connectivity index (χ0) is 17.6. The third kappa shape index (κ3) is 6.31. The number of rotatable bonds is 6. The van der Waals surface area contributed by atoms with Gasteiger partial charge in [-0.25, -0.2) is 17.5 Å². The highest BCUT2D eigenvalue weighted by Gasteiger charge is 2.02. The van der Waals surface area contributed by atoms with Crippen LogP contribution < -0.4 is 10.0 Å². The molecule has 0 saturated carbocycles. The second-order valence-electron chi connectivity index (χ2n) is 5.17. The van der Waals surface area contributed by atoms with Crippen LogP contribution in [0.25, 0.3) is 6.08 Å². The number of nitrogens with one attached hydrogen (secondary N) is 2. The number of amides is 1. The van der Waals surface area contributed by atoms with Crippen molar-refractivity contribution in [2.75, 3.05) is 11.6 Å². The summed E-state index contributed by atoms with van der Waals surface area (Å²) in [7, 11) is -3.24. The summed E-state index contributed by atoms with van der Waals surface area (Å²) in [6, 6.07) is 12.7. The van der Waals surface area contributed by atoms with E-state index in [4.69, 9.17) is 0 Å². The van der Waals surface area contributed by atoms with Crippen LogP contribution >= 0.6 is 0 Å². The van der Waals surface area contributed by atoms with Crippen LogP contribution in [0.4, 0.5) is 10.1 Å². The van der Waals surface area contributed by atoms with Crippen LogP contribution in [0.1, 0.15) is 11.1 Å². The van der Waals surface area contributed by atoms with E-state index in [1.807, 2.05) is 0 Å². The second kappa shape index (κ2) is 7.85. The van der Waals surface area contributed by atoms with Crippen molar-refractivity contribution in [2.24, 2.45) is 0 Å². The van der Waals surface area contributed by atoms with E-state index in [2.05, 4.69) is 10.0 Å². The van der Waals surface area contributed by atoms with Crippen molar-refractivity contribution in [3.8, 4) is 0 Å². The van der Waals surface area contributed by atoms with Gasteiger partial charge < -0.3 is 5.32 Å². The molecule has 0 heterocycles. The Bertz CT molecular complexity index is 846. The van der Waals surface area contributed by atoms with Crippen LogP contribution in [-0.2, 0) is 21.4 Å². The molecule has 0 aromatic heterocycles. The summed E-state index contributed by atoms with van der Waals surface area (Å²) in [5, 5.41) is 2.67. The molecule has 126 valence electrons. The van der Waals surface area contributed by atoms with Gasteiger partial charge in [0.1, 0.15) is 5.82 Å². The van der Waals surface area contributed by atoms with Crippen molar-refractivity contribution in [3.05, 3.63) is 71.6 Å². The summed E-state index contributed by atoms with van der Waals surface area (Å²) in [4.78, 5) is 11.8. The lowest BCUT2D eigenvalue weighted by Gasteiger charge is -2.05. The lowest BCUT2D eigenvalue weighted by atomic mass is 10.2. The first-order valence-corrected chi connectivity index (χ1v) is 8.99. The molecule has 0 aliphatic carbocycles. The van der Waals surface area contributed by atoms with Crippen LogP contribution in [0, 0.1) is 5.82 Å². The van der Waals surface area contributed by atoms with Gasteiger partial charge in [0.15, 0.2) is 0 Å². The molecule has 2 aromatic carbocycles. The topological polar surface area (TPSA) is 75.3 Å². The van der Waals surface area contributed by atoms with E-state index in [1.54, 1.807) is 36.4 Å². The minimum Gasteiger partial charge on any atom is -0.323 e. The third-order valence-corrected chi connectivity index (χ3v) is 3.70. The van der Waals surface area contributed by atoms with Crippen molar-refractivity contribution < 1.29 is 17.6 Å². The van der Waals surface area contributed by atoms with E-state index in [0.717, 1.165) is 11.8 Å². The Morgan fingerprint density at radius 3 is 2.50 bits per heavy atom. The number of carbonyl (C=O) groups is 1. The van der Waals surface area contributed by atoms with Crippen LogP contribution in [0.15, 0.2) is 54.6 Å². The molecule has 24 heavy (non-hydrogen) atoms. The first kappa shape index (κ1) is 17.8. The quantitative estimate of drug-likeness (QED) is 0.788. The first-order chi connectivity index (χ1) is 11.3. The Kier molecular flexibility index (Phi) is 5.83. The highest BCUT2D eigenvalue weighted by atomic mass is 32.2. The van der Waals surface area contributed by atoms with Gasteiger partial charge in [-0.1, -0.05) is 24.3 Å². The summed E-state index contributed by atoms with van der Waals surface area (Å²) in [6.07, 6.45) is 3.92. The molecule has 2 rings (SSSR count). The number of hydrogen-bond acceptors (Lipinski definition) is 3. The summed E-state index contributed by atoms with van der Waals surface area (Å²) < 4.78 is 37.5. The van der Waals surface area contributed by atoms with Gasteiger partial charge in [0.2, 0.25) is 15.9 Å². The fourth-order valence-electron chi connectivity index (χ4n) is 1.89. The predicted octanol–water partition coefficient (Wildman–Crippen LogP) is 2.53. The molecular weight excluding hydrogens is 331 g/mol. The van der Waals surface area contributed by atoms with Gasteiger partial charge in [-0.3, -0.25) is 4.79 Å². The van der Waals surface area contributed by atoms with Gasteiger partial charge in [0, 0.05) is 18.3 Å². The lowest BCUT2D eigenvalue weighted by molar-refractivity contribution is -0.111. The molecule has 5 nitrogen and oxygen atoms in total. The first-order valence-electron chi connectivity index (χ1n) is 7.10. The average Bonchev–Trinajstić information content (AvgIpc) is 2.52. The molecule has 0 fully saturated rings. The Morgan fingerprint density at radius 1 is 1.17 bits per heavy atom. The molecule has 0 atom stereocenters. The van der Waals surface area contributed by atoms with Crippen LogP contribution in [0.5, 0.6) is 0 Å². The Labute approximate surface area is 140 Å². The molecular formula is C17H17FN2O3S. The Balaban J connectivity index is 1.92. The minimum atomic E-state index is -3.24. The fraction of sp³-hybridized carbons (Fsp3) is 0.118. The summed E-state index contributed by atoms with van der Waals surface area (Å²) in [5.74, 6) is -0.711. The van der Waals surface area contributed by atoms with Gasteiger partial charge >= 0.3 is 0 Å². The maximum Gasteiger partial charge on any atom is 0.248 e. The number of sulfonamides is 1. The van der Waals surface area contributed by atoms with E-state index >= 15 is 0 Å². The standard InChI is InChI=1S/C17H17FN2O3S/c1-24(22,23)19-12-14-5-8-16(9-6-14)20-17(21)10-7-13-3-2-4-15(18)11-13/h2-11,19H,12H2,1H3,(H,20,21). The zero-order valence-corrected chi connectivity index (χ0v) is 13.8. The molecule has 7 heteroatoms. The molecule has 0 radical (unpaired) electrons. The van der Waals surface area contributed by atoms with Gasteiger partial charge in [-0.15, -0.1) is 0 Å². The van der Waals surface area contributed by atoms with E-state index in [1.165, 1.54) is 24.3 Å². The summed E-state index contributed by atoms with van der Waals surface area (Å²) in [5.41, 5.74) is 1.94. The molecule has 0 unspecified atom stereocenters. The predicted molar refractivity (Wildman–Crippen MR) is 92.2 cm³/mol. The van der Waals surface area contributed by atoms with Gasteiger partial charge in [0.05, 0.1) is 6.26 Å². The number of anilines is 1. The average molecular weight is 348 g/mol. The maximum atomic E-state index is 13.0. The van der Waals surface area contributed by atoms with Gasteiger partial charge in [-0.05, 0) is 41.5 Å². The SMILES string of the molecule is CS(=O)(=O)NCc1ccc(NC(=O)C=Cc2cccc(F)c2)cc1. The van der Waals surface area contributed by atoms with E-state index in [0.29, 0.717) is 11.3 Å². The summed E-state index contributed by atoms with van der Waals surface area (Å²) in [6.45, 7) is 0.187. The van der Waals surface area contributed by atoms with E-state index < -0.39 is 10.0 Å². The molecule has 1 amide bonds. The molecule has 0 aliphatic rings. The normalized spacial score (nSPS) is 11.6. The van der Waals surface area contributed by atoms with Crippen LogP contribution in [0.2, 0.25) is 0 Å². The zero-order valence-electron chi connectivity index (χ0n) is 13.0. The molecule has 2 N–H and O–H groups in total.